The highest BCUT2D eigenvalue weighted by atomic mass is 14.8. The van der Waals surface area contributed by atoms with Crippen molar-refractivity contribution in [3.8, 4) is 45.0 Å². The van der Waals surface area contributed by atoms with Gasteiger partial charge in [0.15, 0.2) is 0 Å². The number of rotatable bonds is 4. The van der Waals surface area contributed by atoms with E-state index in [9.17, 15) is 0 Å². The highest BCUT2D eigenvalue weighted by Gasteiger charge is 2.13. The lowest BCUT2D eigenvalue weighted by atomic mass is 9.93. The third kappa shape index (κ3) is 5.00. The Kier molecular flexibility index (Phi) is 6.82. The summed E-state index contributed by atoms with van der Waals surface area (Å²) in [5.74, 6) is 0. The summed E-state index contributed by atoms with van der Waals surface area (Å²) < 4.78 is 0. The van der Waals surface area contributed by atoms with Gasteiger partial charge in [-0.3, -0.25) is 9.97 Å². The fourth-order valence-corrected chi connectivity index (χ4v) is 7.97. The molecule has 0 aliphatic rings. The van der Waals surface area contributed by atoms with Crippen molar-refractivity contribution in [3.63, 3.8) is 0 Å². The van der Waals surface area contributed by atoms with Gasteiger partial charge in [-0.25, -0.2) is 9.97 Å². The molecule has 3 heterocycles. The number of fused-ring (bicyclic) bond motifs is 10. The predicted octanol–water partition coefficient (Wildman–Crippen LogP) is 12.9. The molecule has 3 aromatic heterocycles. The molecule has 0 aliphatic carbocycles. The van der Waals surface area contributed by atoms with Gasteiger partial charge in [0.2, 0.25) is 0 Å². The average Bonchev–Trinajstić information content (AvgIpc) is 3.26. The number of benzene rings is 8. The molecular weight excluding hydrogens is 657 g/mol. The average molecular weight is 687 g/mol. The number of hydrogen-bond donors (Lipinski definition) is 0. The lowest BCUT2D eigenvalue weighted by Crippen LogP contribution is -1.92. The minimum absolute atomic E-state index is 0.815. The first-order chi connectivity index (χ1) is 26.7. The van der Waals surface area contributed by atoms with Crippen molar-refractivity contribution in [2.24, 2.45) is 0 Å². The Morgan fingerprint density at radius 2 is 0.704 bits per heavy atom. The normalized spacial score (nSPS) is 11.7. The lowest BCUT2D eigenvalue weighted by molar-refractivity contribution is 1.21. The predicted molar refractivity (Wildman–Crippen MR) is 224 cm³/mol. The molecule has 8 aromatic carbocycles. The third-order valence-corrected chi connectivity index (χ3v) is 10.7. The quantitative estimate of drug-likeness (QED) is 0.173. The van der Waals surface area contributed by atoms with Crippen LogP contribution < -0.4 is 0 Å². The van der Waals surface area contributed by atoms with E-state index < -0.39 is 0 Å². The van der Waals surface area contributed by atoms with Crippen molar-refractivity contribution in [3.05, 3.63) is 182 Å². The first-order valence-corrected chi connectivity index (χ1v) is 18.2. The molecule has 0 N–H and O–H groups in total. The second kappa shape index (κ2) is 12.1. The van der Waals surface area contributed by atoms with Crippen LogP contribution in [0.2, 0.25) is 0 Å². The van der Waals surface area contributed by atoms with Gasteiger partial charge in [0.25, 0.3) is 0 Å². The van der Waals surface area contributed by atoms with E-state index in [-0.39, 0.29) is 0 Å². The third-order valence-electron chi connectivity index (χ3n) is 10.7. The van der Waals surface area contributed by atoms with Gasteiger partial charge in [0.05, 0.1) is 46.2 Å². The van der Waals surface area contributed by atoms with Crippen molar-refractivity contribution >= 4 is 64.9 Å². The zero-order valence-electron chi connectivity index (χ0n) is 29.1. The van der Waals surface area contributed by atoms with Crippen LogP contribution in [0, 0.1) is 0 Å². The van der Waals surface area contributed by atoms with Crippen LogP contribution in [0.4, 0.5) is 0 Å². The molecule has 0 unspecified atom stereocenters. The largest absolute Gasteiger partial charge is 0.252 e. The van der Waals surface area contributed by atoms with Gasteiger partial charge in [-0.15, -0.1) is 0 Å². The standard InChI is InChI=1S/C50H30N4/c1-2-9-34-26-37(19-16-31(34)8-1)48-30-51-47(29-52-48)36-11-7-10-35(27-36)45-24-21-32-17-18-33-22-25-46(54-50(33)49(32)53-45)38-20-23-43-41-14-4-3-12-39(41)40-13-5-6-15-42(40)44(43)28-38/h1-30H. The van der Waals surface area contributed by atoms with Crippen LogP contribution in [0.5, 0.6) is 0 Å². The van der Waals surface area contributed by atoms with Gasteiger partial charge in [0.1, 0.15) is 0 Å². The van der Waals surface area contributed by atoms with Gasteiger partial charge < -0.3 is 0 Å². The summed E-state index contributed by atoms with van der Waals surface area (Å²) in [5.41, 5.74) is 9.38. The second-order valence-corrected chi connectivity index (χ2v) is 13.9. The molecule has 0 amide bonds. The minimum atomic E-state index is 0.815. The molecular formula is C50H30N4. The van der Waals surface area contributed by atoms with Gasteiger partial charge in [0, 0.05) is 33.0 Å². The van der Waals surface area contributed by atoms with Crippen LogP contribution in [0.25, 0.3) is 110 Å². The maximum atomic E-state index is 5.29. The SMILES string of the molecule is c1cc(-c2cnc(-c3ccc4ccccc4c3)cn2)cc(-c2ccc3ccc4ccc(-c5ccc6c7ccccc7c7ccccc7c6c5)nc4c3n2)c1. The molecule has 54 heavy (non-hydrogen) atoms. The molecule has 4 nitrogen and oxygen atoms in total. The Morgan fingerprint density at radius 3 is 1.31 bits per heavy atom. The van der Waals surface area contributed by atoms with Crippen molar-refractivity contribution in [2.45, 2.75) is 0 Å². The van der Waals surface area contributed by atoms with E-state index in [1.54, 1.807) is 0 Å². The van der Waals surface area contributed by atoms with Crippen LogP contribution in [-0.2, 0) is 0 Å². The molecule has 0 atom stereocenters. The fraction of sp³-hybridized carbons (Fsp3) is 0. The Morgan fingerprint density at radius 1 is 0.259 bits per heavy atom. The fourth-order valence-electron chi connectivity index (χ4n) is 7.97. The first-order valence-electron chi connectivity index (χ1n) is 18.2. The zero-order chi connectivity index (χ0) is 35.6. The van der Waals surface area contributed by atoms with Crippen molar-refractivity contribution in [2.75, 3.05) is 0 Å². The van der Waals surface area contributed by atoms with Gasteiger partial charge >= 0.3 is 0 Å². The van der Waals surface area contributed by atoms with Crippen LogP contribution >= 0.6 is 0 Å². The summed E-state index contributed by atoms with van der Waals surface area (Å²) in [6, 6.07) is 60.0. The van der Waals surface area contributed by atoms with Gasteiger partial charge in [-0.2, -0.15) is 0 Å². The molecule has 4 heteroatoms. The van der Waals surface area contributed by atoms with Gasteiger partial charge in [-0.05, 0) is 73.4 Å². The molecule has 0 aliphatic heterocycles. The molecule has 0 bridgehead atoms. The van der Waals surface area contributed by atoms with Crippen molar-refractivity contribution in [1.29, 1.82) is 0 Å². The number of hydrogen-bond acceptors (Lipinski definition) is 4. The Balaban J connectivity index is 0.972. The number of pyridine rings is 2. The topological polar surface area (TPSA) is 51.6 Å². The van der Waals surface area contributed by atoms with Gasteiger partial charge in [-0.1, -0.05) is 140 Å². The molecule has 0 saturated heterocycles. The Hall–Kier alpha value is -7.30. The highest BCUT2D eigenvalue weighted by Crippen LogP contribution is 2.38. The monoisotopic (exact) mass is 686 g/mol. The molecule has 11 aromatic rings. The molecule has 0 fully saturated rings. The van der Waals surface area contributed by atoms with E-state index in [0.717, 1.165) is 66.8 Å². The van der Waals surface area contributed by atoms with E-state index >= 15 is 0 Å². The Bertz CT molecular complexity index is 3240. The van der Waals surface area contributed by atoms with Crippen LogP contribution in [0.1, 0.15) is 0 Å². The lowest BCUT2D eigenvalue weighted by Gasteiger charge is -2.12. The van der Waals surface area contributed by atoms with Crippen molar-refractivity contribution < 1.29 is 0 Å². The van der Waals surface area contributed by atoms with E-state index in [4.69, 9.17) is 19.9 Å². The smallest absolute Gasteiger partial charge is 0.0972 e. The van der Waals surface area contributed by atoms with E-state index in [2.05, 4.69) is 170 Å². The van der Waals surface area contributed by atoms with Crippen molar-refractivity contribution in [1.82, 2.24) is 19.9 Å². The van der Waals surface area contributed by atoms with Crippen LogP contribution in [-0.4, -0.2) is 19.9 Å². The number of aromatic nitrogens is 4. The van der Waals surface area contributed by atoms with Crippen LogP contribution in [0.3, 0.4) is 0 Å². The summed E-state index contributed by atoms with van der Waals surface area (Å²) in [6.45, 7) is 0. The van der Waals surface area contributed by atoms with E-state index in [1.807, 2.05) is 12.4 Å². The summed E-state index contributed by atoms with van der Waals surface area (Å²) >= 11 is 0. The summed E-state index contributed by atoms with van der Waals surface area (Å²) in [5, 5.41) is 12.0. The second-order valence-electron chi connectivity index (χ2n) is 13.9. The van der Waals surface area contributed by atoms with E-state index in [1.165, 1.54) is 43.1 Å². The Labute approximate surface area is 311 Å². The first kappa shape index (κ1) is 30.3. The maximum Gasteiger partial charge on any atom is 0.0972 e. The zero-order valence-corrected chi connectivity index (χ0v) is 29.1. The molecule has 0 saturated carbocycles. The maximum absolute atomic E-state index is 5.29. The molecule has 0 spiro atoms. The summed E-state index contributed by atoms with van der Waals surface area (Å²) in [6.07, 6.45) is 3.71. The minimum Gasteiger partial charge on any atom is -0.252 e. The number of nitrogens with zero attached hydrogens (tertiary/aromatic N) is 4. The van der Waals surface area contributed by atoms with Crippen LogP contribution in [0.15, 0.2) is 182 Å². The highest BCUT2D eigenvalue weighted by molar-refractivity contribution is 6.25. The summed E-state index contributed by atoms with van der Waals surface area (Å²) in [7, 11) is 0. The molecule has 11 rings (SSSR count). The molecule has 250 valence electrons. The summed E-state index contributed by atoms with van der Waals surface area (Å²) in [4.78, 5) is 20.2. The van der Waals surface area contributed by atoms with E-state index in [0.29, 0.717) is 0 Å². The molecule has 0 radical (unpaired) electrons.